The second-order valence-electron chi connectivity index (χ2n) is 8.21. The predicted octanol–water partition coefficient (Wildman–Crippen LogP) is 3.30. The zero-order chi connectivity index (χ0) is 20.3. The van der Waals surface area contributed by atoms with E-state index in [9.17, 15) is 5.26 Å². The van der Waals surface area contributed by atoms with Crippen molar-refractivity contribution in [2.24, 2.45) is 0 Å². The fourth-order valence-electron chi connectivity index (χ4n) is 4.00. The highest BCUT2D eigenvalue weighted by Gasteiger charge is 2.33. The van der Waals surface area contributed by atoms with Crippen LogP contribution in [0.5, 0.6) is 0 Å². The lowest BCUT2D eigenvalue weighted by atomic mass is 9.89. The molecular weight excluding hydrogens is 364 g/mol. The van der Waals surface area contributed by atoms with E-state index in [0.29, 0.717) is 37.6 Å². The first-order chi connectivity index (χ1) is 14.1. The molecule has 2 aliphatic rings. The molecule has 1 aromatic carbocycles. The molecule has 0 saturated carbocycles. The summed E-state index contributed by atoms with van der Waals surface area (Å²) >= 11 is 0. The number of nitriles is 1. The minimum absolute atomic E-state index is 0.288. The summed E-state index contributed by atoms with van der Waals surface area (Å²) in [5.41, 5.74) is 3.75. The predicted molar refractivity (Wildman–Crippen MR) is 113 cm³/mol. The first kappa shape index (κ1) is 19.7. The van der Waals surface area contributed by atoms with Crippen molar-refractivity contribution < 1.29 is 9.47 Å². The number of rotatable bonds is 5. The lowest BCUT2D eigenvalue weighted by Gasteiger charge is -2.37. The van der Waals surface area contributed by atoms with Gasteiger partial charge in [0.15, 0.2) is 0 Å². The Kier molecular flexibility index (Phi) is 5.70. The van der Waals surface area contributed by atoms with E-state index < -0.39 is 0 Å². The Morgan fingerprint density at radius 1 is 1.17 bits per heavy atom. The summed E-state index contributed by atoms with van der Waals surface area (Å²) in [5, 5.41) is 13.4. The van der Waals surface area contributed by atoms with Gasteiger partial charge in [-0.15, -0.1) is 0 Å². The van der Waals surface area contributed by atoms with E-state index in [1.165, 1.54) is 5.56 Å². The van der Waals surface area contributed by atoms with Crippen molar-refractivity contribution >= 4 is 11.6 Å². The molecule has 6 heteroatoms. The van der Waals surface area contributed by atoms with Gasteiger partial charge < -0.3 is 19.7 Å². The summed E-state index contributed by atoms with van der Waals surface area (Å²) in [5.74, 6) is 1.61. The van der Waals surface area contributed by atoms with Crippen LogP contribution in [0.15, 0.2) is 30.3 Å². The van der Waals surface area contributed by atoms with Crippen molar-refractivity contribution in [1.82, 2.24) is 4.98 Å². The van der Waals surface area contributed by atoms with Gasteiger partial charge in [0.1, 0.15) is 17.7 Å². The SMILES string of the molecule is CC1(C)Cc2c(C#N)c(NCCc3ccccc3)nc(N3CCOCC3)c2CO1. The smallest absolute Gasteiger partial charge is 0.146 e. The van der Waals surface area contributed by atoms with Gasteiger partial charge in [0, 0.05) is 31.6 Å². The molecule has 1 N–H and O–H groups in total. The molecule has 0 bridgehead atoms. The van der Waals surface area contributed by atoms with Crippen LogP contribution in [0.1, 0.15) is 36.1 Å². The third-order valence-electron chi connectivity index (χ3n) is 5.57. The number of morpholine rings is 1. The molecule has 0 amide bonds. The van der Waals surface area contributed by atoms with E-state index in [0.717, 1.165) is 43.0 Å². The maximum Gasteiger partial charge on any atom is 0.146 e. The van der Waals surface area contributed by atoms with Gasteiger partial charge >= 0.3 is 0 Å². The first-order valence-electron chi connectivity index (χ1n) is 10.3. The average molecular weight is 393 g/mol. The van der Waals surface area contributed by atoms with Gasteiger partial charge in [0.05, 0.1) is 31.0 Å². The van der Waals surface area contributed by atoms with Crippen LogP contribution >= 0.6 is 0 Å². The van der Waals surface area contributed by atoms with Crippen molar-refractivity contribution in [2.75, 3.05) is 43.1 Å². The molecule has 2 aliphatic heterocycles. The molecule has 0 radical (unpaired) electrons. The highest BCUT2D eigenvalue weighted by Crippen LogP contribution is 2.37. The number of hydrogen-bond donors (Lipinski definition) is 1. The third kappa shape index (κ3) is 4.36. The topological polar surface area (TPSA) is 70.4 Å². The van der Waals surface area contributed by atoms with Crippen LogP contribution in [0, 0.1) is 11.3 Å². The molecule has 6 nitrogen and oxygen atoms in total. The Hall–Kier alpha value is -2.62. The monoisotopic (exact) mass is 392 g/mol. The minimum Gasteiger partial charge on any atom is -0.378 e. The number of aromatic nitrogens is 1. The molecule has 29 heavy (non-hydrogen) atoms. The summed E-state index contributed by atoms with van der Waals surface area (Å²) < 4.78 is 11.6. The zero-order valence-corrected chi connectivity index (χ0v) is 17.2. The summed E-state index contributed by atoms with van der Waals surface area (Å²) in [4.78, 5) is 7.17. The van der Waals surface area contributed by atoms with Gasteiger partial charge in [0.2, 0.25) is 0 Å². The van der Waals surface area contributed by atoms with Crippen LogP contribution < -0.4 is 10.2 Å². The van der Waals surface area contributed by atoms with Crippen LogP contribution in [0.25, 0.3) is 0 Å². The second-order valence-corrected chi connectivity index (χ2v) is 8.21. The van der Waals surface area contributed by atoms with Crippen molar-refractivity contribution in [3.63, 3.8) is 0 Å². The van der Waals surface area contributed by atoms with Gasteiger partial charge in [-0.3, -0.25) is 0 Å². The number of anilines is 2. The van der Waals surface area contributed by atoms with E-state index in [1.807, 2.05) is 18.2 Å². The van der Waals surface area contributed by atoms with Crippen molar-refractivity contribution in [1.29, 1.82) is 5.26 Å². The van der Waals surface area contributed by atoms with Crippen molar-refractivity contribution in [3.8, 4) is 6.07 Å². The van der Waals surface area contributed by atoms with Gasteiger partial charge in [0.25, 0.3) is 0 Å². The Balaban J connectivity index is 1.66. The van der Waals surface area contributed by atoms with E-state index >= 15 is 0 Å². The Bertz CT molecular complexity index is 899. The normalized spacial score (nSPS) is 18.0. The van der Waals surface area contributed by atoms with E-state index in [2.05, 4.69) is 42.3 Å². The first-order valence-corrected chi connectivity index (χ1v) is 10.3. The molecule has 152 valence electrons. The molecule has 1 aromatic heterocycles. The minimum atomic E-state index is -0.288. The summed E-state index contributed by atoms with van der Waals surface area (Å²) in [6.07, 6.45) is 1.59. The lowest BCUT2D eigenvalue weighted by molar-refractivity contribution is -0.0401. The maximum absolute atomic E-state index is 9.96. The number of hydrogen-bond acceptors (Lipinski definition) is 6. The number of pyridine rings is 1. The molecule has 1 saturated heterocycles. The van der Waals surface area contributed by atoms with Gasteiger partial charge in [-0.05, 0) is 31.4 Å². The number of ether oxygens (including phenoxy) is 2. The number of nitrogens with zero attached hydrogens (tertiary/aromatic N) is 3. The summed E-state index contributed by atoms with van der Waals surface area (Å²) in [6.45, 7) is 8.37. The van der Waals surface area contributed by atoms with E-state index in [4.69, 9.17) is 14.5 Å². The molecule has 4 rings (SSSR count). The quantitative estimate of drug-likeness (QED) is 0.842. The molecule has 3 heterocycles. The third-order valence-corrected chi connectivity index (χ3v) is 5.57. The van der Waals surface area contributed by atoms with E-state index in [1.54, 1.807) is 0 Å². The molecule has 0 spiro atoms. The molecule has 0 aliphatic carbocycles. The largest absolute Gasteiger partial charge is 0.378 e. The molecule has 1 fully saturated rings. The molecule has 0 atom stereocenters. The molecule has 0 unspecified atom stereocenters. The zero-order valence-electron chi connectivity index (χ0n) is 17.2. The summed E-state index contributed by atoms with van der Waals surface area (Å²) in [6, 6.07) is 12.8. The van der Waals surface area contributed by atoms with Crippen LogP contribution in [0.3, 0.4) is 0 Å². The number of benzene rings is 1. The average Bonchev–Trinajstić information content (AvgIpc) is 2.74. The molecule has 2 aromatic rings. The standard InChI is InChI=1S/C23H28N4O2/c1-23(2)14-18-19(15-24)21(25-9-8-17-6-4-3-5-7-17)26-22(20(18)16-29-23)27-10-12-28-13-11-27/h3-7H,8-14,16H2,1-2H3,(H,25,26). The van der Waals surface area contributed by atoms with E-state index in [-0.39, 0.29) is 5.60 Å². The molecular formula is C23H28N4O2. The lowest BCUT2D eigenvalue weighted by Crippen LogP contribution is -2.40. The van der Waals surface area contributed by atoms with Crippen molar-refractivity contribution in [2.45, 2.75) is 38.9 Å². The number of fused-ring (bicyclic) bond motifs is 1. The van der Waals surface area contributed by atoms with Crippen LogP contribution in [0.4, 0.5) is 11.6 Å². The maximum atomic E-state index is 9.96. The Labute approximate surface area is 172 Å². The van der Waals surface area contributed by atoms with Crippen molar-refractivity contribution in [3.05, 3.63) is 52.6 Å². The Morgan fingerprint density at radius 3 is 2.66 bits per heavy atom. The van der Waals surface area contributed by atoms with Crippen LogP contribution in [0.2, 0.25) is 0 Å². The van der Waals surface area contributed by atoms with Gasteiger partial charge in [-0.1, -0.05) is 30.3 Å². The summed E-state index contributed by atoms with van der Waals surface area (Å²) in [7, 11) is 0. The highest BCUT2D eigenvalue weighted by atomic mass is 16.5. The highest BCUT2D eigenvalue weighted by molar-refractivity contribution is 5.67. The fraction of sp³-hybridized carbons (Fsp3) is 0.478. The van der Waals surface area contributed by atoms with Crippen LogP contribution in [-0.2, 0) is 28.9 Å². The van der Waals surface area contributed by atoms with Gasteiger partial charge in [-0.2, -0.15) is 5.26 Å². The van der Waals surface area contributed by atoms with Gasteiger partial charge in [-0.25, -0.2) is 4.98 Å². The Morgan fingerprint density at radius 2 is 1.93 bits per heavy atom. The van der Waals surface area contributed by atoms with Crippen LogP contribution in [-0.4, -0.2) is 43.4 Å². The fourth-order valence-corrected chi connectivity index (χ4v) is 4.00. The number of nitrogens with one attached hydrogen (secondary N) is 1. The second kappa shape index (κ2) is 8.40.